The second kappa shape index (κ2) is 5.72. The van der Waals surface area contributed by atoms with E-state index in [1.807, 2.05) is 23.6 Å². The van der Waals surface area contributed by atoms with E-state index >= 15 is 0 Å². The lowest BCUT2D eigenvalue weighted by Gasteiger charge is -2.25. The summed E-state index contributed by atoms with van der Waals surface area (Å²) in [5.74, 6) is 0.249. The standard InChI is InChI=1S/C14H24N2O2/c1-3-15(4-2)14(18)11-9-13(17)16(10-11)12-7-5-6-8-12/h11-12H,3-10H2,1-2H3. The molecule has 4 heteroatoms. The summed E-state index contributed by atoms with van der Waals surface area (Å²) in [7, 11) is 0. The minimum Gasteiger partial charge on any atom is -0.343 e. The van der Waals surface area contributed by atoms with Crippen molar-refractivity contribution in [2.24, 2.45) is 5.92 Å². The SMILES string of the molecule is CCN(CC)C(=O)C1CC(=O)N(C2CCCC2)C1. The Kier molecular flexibility index (Phi) is 4.25. The Hall–Kier alpha value is -1.06. The third-order valence-electron chi connectivity index (χ3n) is 4.35. The molecule has 0 spiro atoms. The van der Waals surface area contributed by atoms with Gasteiger partial charge in [-0.2, -0.15) is 0 Å². The van der Waals surface area contributed by atoms with Gasteiger partial charge in [-0.05, 0) is 26.7 Å². The highest BCUT2D eigenvalue weighted by atomic mass is 16.2. The van der Waals surface area contributed by atoms with Crippen LogP contribution in [-0.4, -0.2) is 47.3 Å². The average Bonchev–Trinajstić information content (AvgIpc) is 2.99. The van der Waals surface area contributed by atoms with Crippen molar-refractivity contribution in [1.82, 2.24) is 9.80 Å². The van der Waals surface area contributed by atoms with Crippen LogP contribution in [0, 0.1) is 5.92 Å². The first-order chi connectivity index (χ1) is 8.67. The largest absolute Gasteiger partial charge is 0.343 e. The summed E-state index contributed by atoms with van der Waals surface area (Å²) in [6.45, 7) is 6.12. The molecule has 1 heterocycles. The van der Waals surface area contributed by atoms with E-state index in [0.29, 0.717) is 19.0 Å². The Bertz CT molecular complexity index is 320. The van der Waals surface area contributed by atoms with Gasteiger partial charge in [-0.1, -0.05) is 12.8 Å². The van der Waals surface area contributed by atoms with Gasteiger partial charge in [-0.3, -0.25) is 9.59 Å². The van der Waals surface area contributed by atoms with E-state index in [9.17, 15) is 9.59 Å². The molecule has 0 bridgehead atoms. The van der Waals surface area contributed by atoms with E-state index in [-0.39, 0.29) is 17.7 Å². The Labute approximate surface area is 109 Å². The first-order valence-electron chi connectivity index (χ1n) is 7.25. The van der Waals surface area contributed by atoms with Crippen LogP contribution in [0.4, 0.5) is 0 Å². The molecule has 1 unspecified atom stereocenters. The zero-order chi connectivity index (χ0) is 13.1. The molecule has 1 atom stereocenters. The van der Waals surface area contributed by atoms with Crippen molar-refractivity contribution in [3.8, 4) is 0 Å². The van der Waals surface area contributed by atoms with Crippen molar-refractivity contribution >= 4 is 11.8 Å². The highest BCUT2D eigenvalue weighted by Crippen LogP contribution is 2.30. The maximum absolute atomic E-state index is 12.3. The number of likely N-dealkylation sites (tertiary alicyclic amines) is 1. The molecule has 4 nitrogen and oxygen atoms in total. The van der Waals surface area contributed by atoms with E-state index in [1.165, 1.54) is 12.8 Å². The van der Waals surface area contributed by atoms with Gasteiger partial charge in [0.2, 0.25) is 11.8 Å². The minimum absolute atomic E-state index is 0.0991. The molecule has 2 aliphatic rings. The molecule has 18 heavy (non-hydrogen) atoms. The number of rotatable bonds is 4. The van der Waals surface area contributed by atoms with Gasteiger partial charge < -0.3 is 9.80 Å². The maximum atomic E-state index is 12.3. The summed E-state index contributed by atoms with van der Waals surface area (Å²) in [4.78, 5) is 28.1. The summed E-state index contributed by atoms with van der Waals surface area (Å²) in [5.41, 5.74) is 0. The van der Waals surface area contributed by atoms with Crippen LogP contribution in [0.15, 0.2) is 0 Å². The molecule has 1 aliphatic heterocycles. The Morgan fingerprint density at radius 2 is 1.89 bits per heavy atom. The quantitative estimate of drug-likeness (QED) is 0.763. The molecule has 1 saturated heterocycles. The van der Waals surface area contributed by atoms with E-state index < -0.39 is 0 Å². The summed E-state index contributed by atoms with van der Waals surface area (Å²) in [6.07, 6.45) is 5.12. The van der Waals surface area contributed by atoms with Gasteiger partial charge in [-0.15, -0.1) is 0 Å². The second-order valence-corrected chi connectivity index (χ2v) is 5.40. The van der Waals surface area contributed by atoms with E-state index in [1.54, 1.807) is 0 Å². The lowest BCUT2D eigenvalue weighted by molar-refractivity contribution is -0.135. The fourth-order valence-electron chi connectivity index (χ4n) is 3.26. The molecule has 1 saturated carbocycles. The Morgan fingerprint density at radius 3 is 2.44 bits per heavy atom. The van der Waals surface area contributed by atoms with Crippen molar-refractivity contribution < 1.29 is 9.59 Å². The lowest BCUT2D eigenvalue weighted by Crippen LogP contribution is -2.39. The highest BCUT2D eigenvalue weighted by Gasteiger charge is 2.39. The summed E-state index contributed by atoms with van der Waals surface area (Å²) < 4.78 is 0. The first kappa shape index (κ1) is 13.4. The van der Waals surface area contributed by atoms with Crippen LogP contribution in [0.5, 0.6) is 0 Å². The molecular formula is C14H24N2O2. The second-order valence-electron chi connectivity index (χ2n) is 5.40. The van der Waals surface area contributed by atoms with E-state index in [2.05, 4.69) is 0 Å². The third kappa shape index (κ3) is 2.52. The monoisotopic (exact) mass is 252 g/mol. The average molecular weight is 252 g/mol. The van der Waals surface area contributed by atoms with Crippen LogP contribution in [-0.2, 0) is 9.59 Å². The van der Waals surface area contributed by atoms with Gasteiger partial charge in [0.1, 0.15) is 0 Å². The molecule has 0 aromatic rings. The molecule has 102 valence electrons. The Morgan fingerprint density at radius 1 is 1.28 bits per heavy atom. The molecule has 0 radical (unpaired) electrons. The fourth-order valence-corrected chi connectivity index (χ4v) is 3.26. The topological polar surface area (TPSA) is 40.6 Å². The Balaban J connectivity index is 1.97. The zero-order valence-electron chi connectivity index (χ0n) is 11.5. The van der Waals surface area contributed by atoms with E-state index in [4.69, 9.17) is 0 Å². The lowest BCUT2D eigenvalue weighted by atomic mass is 10.1. The van der Waals surface area contributed by atoms with Gasteiger partial charge in [0.15, 0.2) is 0 Å². The van der Waals surface area contributed by atoms with Crippen molar-refractivity contribution in [3.63, 3.8) is 0 Å². The van der Waals surface area contributed by atoms with Crippen LogP contribution in [0.3, 0.4) is 0 Å². The molecule has 0 N–H and O–H groups in total. The van der Waals surface area contributed by atoms with Crippen molar-refractivity contribution in [3.05, 3.63) is 0 Å². The smallest absolute Gasteiger partial charge is 0.227 e. The summed E-state index contributed by atoms with van der Waals surface area (Å²) >= 11 is 0. The fraction of sp³-hybridized carbons (Fsp3) is 0.857. The van der Waals surface area contributed by atoms with Gasteiger partial charge >= 0.3 is 0 Å². The molecule has 0 aromatic carbocycles. The number of nitrogens with zero attached hydrogens (tertiary/aromatic N) is 2. The van der Waals surface area contributed by atoms with Gasteiger partial charge in [0, 0.05) is 32.1 Å². The first-order valence-corrected chi connectivity index (χ1v) is 7.25. The highest BCUT2D eigenvalue weighted by molar-refractivity contribution is 5.89. The van der Waals surface area contributed by atoms with Crippen LogP contribution < -0.4 is 0 Å². The third-order valence-corrected chi connectivity index (χ3v) is 4.35. The number of amides is 2. The van der Waals surface area contributed by atoms with Crippen molar-refractivity contribution in [1.29, 1.82) is 0 Å². The molecule has 0 aromatic heterocycles. The summed E-state index contributed by atoms with van der Waals surface area (Å²) in [5, 5.41) is 0. The number of hydrogen-bond acceptors (Lipinski definition) is 2. The van der Waals surface area contributed by atoms with Gasteiger partial charge in [0.05, 0.1) is 5.92 Å². The number of carbonyl (C=O) groups excluding carboxylic acids is 2. The predicted octanol–water partition coefficient (Wildman–Crippen LogP) is 1.65. The number of hydrogen-bond donors (Lipinski definition) is 0. The predicted molar refractivity (Wildman–Crippen MR) is 70.0 cm³/mol. The van der Waals surface area contributed by atoms with Crippen LogP contribution >= 0.6 is 0 Å². The van der Waals surface area contributed by atoms with Crippen molar-refractivity contribution in [2.45, 2.75) is 52.0 Å². The molecule has 2 rings (SSSR count). The maximum Gasteiger partial charge on any atom is 0.227 e. The molecule has 2 amide bonds. The van der Waals surface area contributed by atoms with Crippen LogP contribution in [0.2, 0.25) is 0 Å². The van der Waals surface area contributed by atoms with Gasteiger partial charge in [-0.25, -0.2) is 0 Å². The zero-order valence-corrected chi connectivity index (χ0v) is 11.5. The van der Waals surface area contributed by atoms with E-state index in [0.717, 1.165) is 25.9 Å². The van der Waals surface area contributed by atoms with Crippen molar-refractivity contribution in [2.75, 3.05) is 19.6 Å². The van der Waals surface area contributed by atoms with Gasteiger partial charge in [0.25, 0.3) is 0 Å². The molecular weight excluding hydrogens is 228 g/mol. The van der Waals surface area contributed by atoms with Crippen LogP contribution in [0.25, 0.3) is 0 Å². The minimum atomic E-state index is -0.0991. The van der Waals surface area contributed by atoms with Crippen LogP contribution in [0.1, 0.15) is 46.0 Å². The summed E-state index contributed by atoms with van der Waals surface area (Å²) in [6, 6.07) is 0.409. The normalized spacial score (nSPS) is 24.9. The molecule has 1 aliphatic carbocycles. The molecule has 2 fully saturated rings. The number of carbonyl (C=O) groups is 2.